The maximum atomic E-state index is 5.84. The van der Waals surface area contributed by atoms with Gasteiger partial charge in [-0.2, -0.15) is 0 Å². The van der Waals surface area contributed by atoms with Crippen molar-refractivity contribution in [2.45, 2.75) is 38.3 Å². The number of likely N-dealkylation sites (N-methyl/N-ethyl adjacent to an activating group) is 1. The number of ether oxygens (including phenoxy) is 1. The second-order valence-corrected chi connectivity index (χ2v) is 5.28. The molecule has 1 aromatic rings. The number of nitrogens with one attached hydrogen (secondary N) is 1. The summed E-state index contributed by atoms with van der Waals surface area (Å²) in [5.74, 6) is 0. The van der Waals surface area contributed by atoms with Crippen molar-refractivity contribution < 1.29 is 4.74 Å². The van der Waals surface area contributed by atoms with Crippen LogP contribution < -0.4 is 5.32 Å². The minimum absolute atomic E-state index is 0.359. The third-order valence-electron chi connectivity index (χ3n) is 3.01. The van der Waals surface area contributed by atoms with Gasteiger partial charge in [-0.05, 0) is 50.2 Å². The van der Waals surface area contributed by atoms with E-state index in [1.165, 1.54) is 29.7 Å². The van der Waals surface area contributed by atoms with E-state index in [4.69, 9.17) is 4.74 Å². The molecule has 0 amide bonds. The molecule has 15 heavy (non-hydrogen) atoms. The highest BCUT2D eigenvalue weighted by Gasteiger charge is 2.24. The third-order valence-corrected chi connectivity index (χ3v) is 3.89. The van der Waals surface area contributed by atoms with Crippen molar-refractivity contribution in [1.82, 2.24) is 5.32 Å². The van der Waals surface area contributed by atoms with E-state index in [2.05, 4.69) is 23.7 Å². The Hall–Kier alpha value is -0.380. The van der Waals surface area contributed by atoms with Gasteiger partial charge in [-0.25, -0.2) is 0 Å². The Morgan fingerprint density at radius 3 is 2.93 bits per heavy atom. The first kappa shape index (κ1) is 11.1. The van der Waals surface area contributed by atoms with Crippen molar-refractivity contribution in [1.29, 1.82) is 0 Å². The molecule has 0 bridgehead atoms. The van der Waals surface area contributed by atoms with Crippen LogP contribution in [0.2, 0.25) is 0 Å². The first-order valence-corrected chi connectivity index (χ1v) is 6.53. The van der Waals surface area contributed by atoms with Gasteiger partial charge in [0.1, 0.15) is 0 Å². The SMILES string of the molecule is CNC(c1csc(C)c1)C1CCCCO1. The normalized spacial score (nSPS) is 24.0. The van der Waals surface area contributed by atoms with Gasteiger partial charge in [0.15, 0.2) is 0 Å². The smallest absolute Gasteiger partial charge is 0.0769 e. The van der Waals surface area contributed by atoms with Gasteiger partial charge < -0.3 is 10.1 Å². The Balaban J connectivity index is 2.08. The lowest BCUT2D eigenvalue weighted by Crippen LogP contribution is -2.33. The van der Waals surface area contributed by atoms with Crippen molar-refractivity contribution in [2.75, 3.05) is 13.7 Å². The molecule has 1 N–H and O–H groups in total. The van der Waals surface area contributed by atoms with Crippen LogP contribution in [0, 0.1) is 6.92 Å². The number of hydrogen-bond donors (Lipinski definition) is 1. The van der Waals surface area contributed by atoms with E-state index in [0.29, 0.717) is 12.1 Å². The molecule has 0 spiro atoms. The van der Waals surface area contributed by atoms with Crippen molar-refractivity contribution in [3.8, 4) is 0 Å². The number of thiophene rings is 1. The minimum Gasteiger partial charge on any atom is -0.376 e. The van der Waals surface area contributed by atoms with Crippen LogP contribution in [0.3, 0.4) is 0 Å². The van der Waals surface area contributed by atoms with Crippen molar-refractivity contribution in [3.05, 3.63) is 21.9 Å². The zero-order valence-electron chi connectivity index (χ0n) is 9.45. The molecule has 1 aliphatic rings. The summed E-state index contributed by atoms with van der Waals surface area (Å²) in [6.07, 6.45) is 4.06. The quantitative estimate of drug-likeness (QED) is 0.854. The van der Waals surface area contributed by atoms with E-state index < -0.39 is 0 Å². The van der Waals surface area contributed by atoms with Crippen LogP contribution in [0.4, 0.5) is 0 Å². The van der Waals surface area contributed by atoms with Crippen LogP contribution in [0.1, 0.15) is 35.7 Å². The van der Waals surface area contributed by atoms with Gasteiger partial charge in [-0.3, -0.25) is 0 Å². The van der Waals surface area contributed by atoms with Crippen LogP contribution in [0.5, 0.6) is 0 Å². The van der Waals surface area contributed by atoms with Gasteiger partial charge in [0.25, 0.3) is 0 Å². The lowest BCUT2D eigenvalue weighted by molar-refractivity contribution is -0.00653. The maximum absolute atomic E-state index is 5.84. The van der Waals surface area contributed by atoms with E-state index in [9.17, 15) is 0 Å². The van der Waals surface area contributed by atoms with Crippen LogP contribution >= 0.6 is 11.3 Å². The van der Waals surface area contributed by atoms with Gasteiger partial charge in [0, 0.05) is 11.5 Å². The molecule has 1 saturated heterocycles. The van der Waals surface area contributed by atoms with E-state index in [1.54, 1.807) is 0 Å². The highest BCUT2D eigenvalue weighted by atomic mass is 32.1. The van der Waals surface area contributed by atoms with E-state index in [1.807, 2.05) is 18.4 Å². The van der Waals surface area contributed by atoms with Gasteiger partial charge in [0.2, 0.25) is 0 Å². The number of aryl methyl sites for hydroxylation is 1. The largest absolute Gasteiger partial charge is 0.376 e. The molecule has 0 saturated carbocycles. The summed E-state index contributed by atoms with van der Waals surface area (Å²) in [5.41, 5.74) is 1.38. The zero-order valence-corrected chi connectivity index (χ0v) is 10.3. The molecule has 2 atom stereocenters. The number of rotatable bonds is 3. The Morgan fingerprint density at radius 2 is 2.40 bits per heavy atom. The molecular weight excluding hydrogens is 206 g/mol. The molecule has 0 radical (unpaired) electrons. The van der Waals surface area contributed by atoms with Crippen LogP contribution in [0.25, 0.3) is 0 Å². The first-order chi connectivity index (χ1) is 7.31. The molecule has 84 valence electrons. The standard InChI is InChI=1S/C12H19NOS/c1-9-7-10(8-15-9)12(13-2)11-5-3-4-6-14-11/h7-8,11-13H,3-6H2,1-2H3. The predicted octanol–water partition coefficient (Wildman–Crippen LogP) is 2.89. The summed E-state index contributed by atoms with van der Waals surface area (Å²) < 4.78 is 5.84. The van der Waals surface area contributed by atoms with Crippen molar-refractivity contribution in [3.63, 3.8) is 0 Å². The average Bonchev–Trinajstić information content (AvgIpc) is 2.68. The summed E-state index contributed by atoms with van der Waals surface area (Å²) in [7, 11) is 2.02. The topological polar surface area (TPSA) is 21.3 Å². The van der Waals surface area contributed by atoms with Gasteiger partial charge >= 0.3 is 0 Å². The Bertz CT molecular complexity index is 304. The Kier molecular flexibility index (Phi) is 3.78. The fourth-order valence-corrected chi connectivity index (χ4v) is 2.96. The second-order valence-electron chi connectivity index (χ2n) is 4.16. The molecular formula is C12H19NOS. The maximum Gasteiger partial charge on any atom is 0.0769 e. The van der Waals surface area contributed by atoms with Gasteiger partial charge in [-0.15, -0.1) is 11.3 Å². The number of hydrogen-bond acceptors (Lipinski definition) is 3. The Morgan fingerprint density at radius 1 is 1.53 bits per heavy atom. The predicted molar refractivity (Wildman–Crippen MR) is 64.4 cm³/mol. The van der Waals surface area contributed by atoms with Crippen molar-refractivity contribution in [2.24, 2.45) is 0 Å². The zero-order chi connectivity index (χ0) is 10.7. The molecule has 2 unspecified atom stereocenters. The van der Waals surface area contributed by atoms with Crippen molar-refractivity contribution >= 4 is 11.3 Å². The highest BCUT2D eigenvalue weighted by Crippen LogP contribution is 2.28. The molecule has 1 aliphatic heterocycles. The molecule has 3 heteroatoms. The molecule has 2 rings (SSSR count). The minimum atomic E-state index is 0.359. The highest BCUT2D eigenvalue weighted by molar-refractivity contribution is 7.10. The lowest BCUT2D eigenvalue weighted by atomic mass is 9.97. The summed E-state index contributed by atoms with van der Waals surface area (Å²) in [6.45, 7) is 3.08. The Labute approximate surface area is 95.6 Å². The fourth-order valence-electron chi connectivity index (χ4n) is 2.22. The molecule has 2 heterocycles. The molecule has 1 fully saturated rings. The molecule has 0 aliphatic carbocycles. The van der Waals surface area contributed by atoms with Crippen LogP contribution in [0.15, 0.2) is 11.4 Å². The molecule has 2 nitrogen and oxygen atoms in total. The van der Waals surface area contributed by atoms with E-state index in [-0.39, 0.29) is 0 Å². The summed E-state index contributed by atoms with van der Waals surface area (Å²) >= 11 is 1.82. The van der Waals surface area contributed by atoms with Crippen LogP contribution in [-0.2, 0) is 4.74 Å². The molecule has 0 aromatic carbocycles. The third kappa shape index (κ3) is 2.60. The fraction of sp³-hybridized carbons (Fsp3) is 0.667. The lowest BCUT2D eigenvalue weighted by Gasteiger charge is -2.29. The summed E-state index contributed by atoms with van der Waals surface area (Å²) in [5, 5.41) is 5.63. The summed E-state index contributed by atoms with van der Waals surface area (Å²) in [4.78, 5) is 1.38. The second kappa shape index (κ2) is 5.10. The van der Waals surface area contributed by atoms with Crippen LogP contribution in [-0.4, -0.2) is 19.8 Å². The molecule has 1 aromatic heterocycles. The monoisotopic (exact) mass is 225 g/mol. The van der Waals surface area contributed by atoms with Gasteiger partial charge in [-0.1, -0.05) is 0 Å². The summed E-state index contributed by atoms with van der Waals surface area (Å²) in [6, 6.07) is 2.64. The van der Waals surface area contributed by atoms with E-state index >= 15 is 0 Å². The average molecular weight is 225 g/mol. The van der Waals surface area contributed by atoms with E-state index in [0.717, 1.165) is 6.61 Å². The first-order valence-electron chi connectivity index (χ1n) is 5.65. The van der Waals surface area contributed by atoms with Gasteiger partial charge in [0.05, 0.1) is 12.1 Å².